The number of carbonyl (C=O) groups is 1. The third-order valence-corrected chi connectivity index (χ3v) is 7.43. The Bertz CT molecular complexity index is 1400. The van der Waals surface area contributed by atoms with Gasteiger partial charge < -0.3 is 24.2 Å². The Morgan fingerprint density at radius 3 is 2.38 bits per heavy atom. The smallest absolute Gasteiger partial charge is 0.337 e. The Hall–Kier alpha value is -3.43. The molecule has 42 heavy (non-hydrogen) atoms. The number of nitrogens with zero attached hydrogens (tertiary/aromatic N) is 3. The summed E-state index contributed by atoms with van der Waals surface area (Å²) in [5.74, 6) is -0.989. The van der Waals surface area contributed by atoms with Gasteiger partial charge >= 0.3 is 5.97 Å². The maximum atomic E-state index is 13.9. The largest absolute Gasteiger partial charge is 0.488 e. The van der Waals surface area contributed by atoms with Gasteiger partial charge in [0.15, 0.2) is 17.7 Å². The molecule has 3 heterocycles. The Balaban J connectivity index is 1.61. The maximum absolute atomic E-state index is 13.9. The number of hydrogen-bond donors (Lipinski definition) is 1. The van der Waals surface area contributed by atoms with Gasteiger partial charge in [0, 0.05) is 41.1 Å². The molecule has 226 valence electrons. The molecule has 1 atom stereocenters. The molecule has 0 aliphatic carbocycles. The van der Waals surface area contributed by atoms with Gasteiger partial charge in [-0.3, -0.25) is 9.97 Å². The van der Waals surface area contributed by atoms with E-state index in [1.165, 1.54) is 12.1 Å². The third kappa shape index (κ3) is 7.89. The minimum absolute atomic E-state index is 0.0999. The van der Waals surface area contributed by atoms with Crippen molar-refractivity contribution in [2.75, 3.05) is 31.2 Å². The van der Waals surface area contributed by atoms with E-state index in [0.29, 0.717) is 27.7 Å². The van der Waals surface area contributed by atoms with E-state index in [-0.39, 0.29) is 24.4 Å². The molecule has 1 saturated heterocycles. The Morgan fingerprint density at radius 1 is 1.10 bits per heavy atom. The second kappa shape index (κ2) is 12.8. The van der Waals surface area contributed by atoms with Crippen LogP contribution in [0.3, 0.4) is 0 Å². The molecule has 0 amide bonds. The van der Waals surface area contributed by atoms with E-state index >= 15 is 0 Å². The van der Waals surface area contributed by atoms with Crippen molar-refractivity contribution in [1.82, 2.24) is 9.97 Å². The number of halogens is 2. The predicted octanol–water partition coefficient (Wildman–Crippen LogP) is 7.27. The molecular formula is C32H39ClFN3O5. The minimum Gasteiger partial charge on any atom is -0.488 e. The molecule has 0 spiro atoms. The number of ether oxygens (including phenoxy) is 3. The summed E-state index contributed by atoms with van der Waals surface area (Å²) < 4.78 is 31.2. The normalized spacial score (nSPS) is 15.8. The van der Waals surface area contributed by atoms with E-state index in [1.54, 1.807) is 24.5 Å². The number of rotatable bonds is 10. The lowest BCUT2D eigenvalue weighted by molar-refractivity contribution is -0.160. The lowest BCUT2D eigenvalue weighted by atomic mass is 9.82. The average molecular weight is 600 g/mol. The van der Waals surface area contributed by atoms with Crippen molar-refractivity contribution in [3.8, 4) is 22.8 Å². The number of benzene rings is 1. The maximum Gasteiger partial charge on any atom is 0.337 e. The summed E-state index contributed by atoms with van der Waals surface area (Å²) >= 11 is 5.79. The van der Waals surface area contributed by atoms with Crippen LogP contribution in [0.5, 0.6) is 11.5 Å². The number of aromatic nitrogens is 2. The fourth-order valence-corrected chi connectivity index (χ4v) is 5.06. The summed E-state index contributed by atoms with van der Waals surface area (Å²) in [6, 6.07) is 7.83. The van der Waals surface area contributed by atoms with Gasteiger partial charge in [-0.05, 0) is 76.3 Å². The fraction of sp³-hybridized carbons (Fsp3) is 0.469. The number of carboxylic acids is 1. The Labute approximate surface area is 251 Å². The van der Waals surface area contributed by atoms with Crippen LogP contribution in [-0.4, -0.2) is 52.9 Å². The molecule has 0 unspecified atom stereocenters. The van der Waals surface area contributed by atoms with Gasteiger partial charge in [0.25, 0.3) is 0 Å². The van der Waals surface area contributed by atoms with Crippen molar-refractivity contribution in [2.45, 2.75) is 66.1 Å². The number of piperidine rings is 1. The molecule has 8 nitrogen and oxygen atoms in total. The standard InChI is InChI=1S/C32H39ClFN3O5/c1-20-27(29(30(38)39)42-31(2,3)4)28(37-13-11-32(5,6)12-14-37)23(19-35-20)25-9-8-22(18-36-25)40-15-16-41-26-10-7-21(33)17-24(26)34/h7-10,17-19,29H,11-16H2,1-6H3,(H,38,39)/t29-/m0/s1. The molecule has 0 radical (unpaired) electrons. The van der Waals surface area contributed by atoms with Gasteiger partial charge in [-0.15, -0.1) is 0 Å². The molecule has 1 aromatic carbocycles. The molecule has 10 heteroatoms. The average Bonchev–Trinajstić information content (AvgIpc) is 2.91. The van der Waals surface area contributed by atoms with Crippen LogP contribution in [0.4, 0.5) is 10.1 Å². The van der Waals surface area contributed by atoms with Crippen molar-refractivity contribution in [2.24, 2.45) is 5.41 Å². The Morgan fingerprint density at radius 2 is 1.79 bits per heavy atom. The minimum atomic E-state index is -1.20. The molecule has 0 bridgehead atoms. The second-order valence-corrected chi connectivity index (χ2v) is 12.7. The molecule has 4 rings (SSSR count). The third-order valence-electron chi connectivity index (χ3n) is 7.19. The summed E-state index contributed by atoms with van der Waals surface area (Å²) in [5.41, 5.74) is 2.81. The van der Waals surface area contributed by atoms with Crippen LogP contribution in [0.25, 0.3) is 11.3 Å². The zero-order chi connectivity index (χ0) is 30.7. The number of hydrogen-bond acceptors (Lipinski definition) is 7. The van der Waals surface area contributed by atoms with E-state index in [4.69, 9.17) is 25.8 Å². The molecule has 1 aliphatic rings. The lowest BCUT2D eigenvalue weighted by Gasteiger charge is -2.40. The highest BCUT2D eigenvalue weighted by atomic mass is 35.5. The summed E-state index contributed by atoms with van der Waals surface area (Å²) in [6.45, 7) is 13.7. The summed E-state index contributed by atoms with van der Waals surface area (Å²) in [4.78, 5) is 24.1. The van der Waals surface area contributed by atoms with Crippen LogP contribution in [0.15, 0.2) is 42.7 Å². The Kier molecular flexibility index (Phi) is 9.63. The van der Waals surface area contributed by atoms with E-state index in [0.717, 1.165) is 37.2 Å². The van der Waals surface area contributed by atoms with Crippen LogP contribution >= 0.6 is 11.6 Å². The topological polar surface area (TPSA) is 94.0 Å². The highest BCUT2D eigenvalue weighted by Gasteiger charge is 2.36. The zero-order valence-corrected chi connectivity index (χ0v) is 25.8. The molecule has 2 aromatic heterocycles. The fourth-order valence-electron chi connectivity index (χ4n) is 4.90. The lowest BCUT2D eigenvalue weighted by Crippen LogP contribution is -2.39. The van der Waals surface area contributed by atoms with E-state index in [1.807, 2.05) is 33.8 Å². The molecular weight excluding hydrogens is 561 g/mol. The van der Waals surface area contributed by atoms with E-state index < -0.39 is 23.5 Å². The highest BCUT2D eigenvalue weighted by Crippen LogP contribution is 2.43. The molecule has 3 aromatic rings. The SMILES string of the molecule is Cc1ncc(-c2ccc(OCCOc3ccc(Cl)cc3F)cn2)c(N2CCC(C)(C)CC2)c1[C@H](OC(C)(C)C)C(=O)O. The summed E-state index contributed by atoms with van der Waals surface area (Å²) in [6.07, 6.45) is 4.08. The van der Waals surface area contributed by atoms with Gasteiger partial charge in [0.1, 0.15) is 19.0 Å². The predicted molar refractivity (Wildman–Crippen MR) is 161 cm³/mol. The highest BCUT2D eigenvalue weighted by molar-refractivity contribution is 6.30. The molecule has 1 fully saturated rings. The van der Waals surface area contributed by atoms with Crippen LogP contribution in [-0.2, 0) is 9.53 Å². The summed E-state index contributed by atoms with van der Waals surface area (Å²) in [5, 5.41) is 10.6. The number of anilines is 1. The van der Waals surface area contributed by atoms with Crippen LogP contribution in [0, 0.1) is 18.2 Å². The number of pyridine rings is 2. The first-order valence-corrected chi connectivity index (χ1v) is 14.4. The van der Waals surface area contributed by atoms with Crippen molar-refractivity contribution < 1.29 is 28.5 Å². The number of carboxylic acid groups (broad SMARTS) is 1. The molecule has 1 N–H and O–H groups in total. The number of aryl methyl sites for hydroxylation is 1. The van der Waals surface area contributed by atoms with Crippen molar-refractivity contribution in [3.63, 3.8) is 0 Å². The van der Waals surface area contributed by atoms with Gasteiger partial charge in [-0.1, -0.05) is 25.4 Å². The molecule has 1 aliphatic heterocycles. The van der Waals surface area contributed by atoms with Crippen LogP contribution in [0.1, 0.15) is 64.8 Å². The van der Waals surface area contributed by atoms with Gasteiger partial charge in [0.05, 0.1) is 23.2 Å². The quantitative estimate of drug-likeness (QED) is 0.243. The van der Waals surface area contributed by atoms with Gasteiger partial charge in [-0.25, -0.2) is 9.18 Å². The summed E-state index contributed by atoms with van der Waals surface area (Å²) in [7, 11) is 0. The van der Waals surface area contributed by atoms with E-state index in [2.05, 4.69) is 28.7 Å². The number of aliphatic carboxylic acids is 1. The van der Waals surface area contributed by atoms with E-state index in [9.17, 15) is 14.3 Å². The first kappa shape index (κ1) is 31.5. The monoisotopic (exact) mass is 599 g/mol. The first-order chi connectivity index (χ1) is 19.7. The zero-order valence-electron chi connectivity index (χ0n) is 25.0. The van der Waals surface area contributed by atoms with Gasteiger partial charge in [-0.2, -0.15) is 0 Å². The second-order valence-electron chi connectivity index (χ2n) is 12.3. The van der Waals surface area contributed by atoms with Crippen molar-refractivity contribution in [3.05, 3.63) is 64.8 Å². The van der Waals surface area contributed by atoms with Gasteiger partial charge in [0.2, 0.25) is 0 Å². The first-order valence-electron chi connectivity index (χ1n) is 14.1. The van der Waals surface area contributed by atoms with Crippen LogP contribution < -0.4 is 14.4 Å². The molecule has 0 saturated carbocycles. The van der Waals surface area contributed by atoms with Crippen molar-refractivity contribution >= 4 is 23.3 Å². The van der Waals surface area contributed by atoms with Crippen LogP contribution in [0.2, 0.25) is 5.02 Å². The van der Waals surface area contributed by atoms with Crippen molar-refractivity contribution in [1.29, 1.82) is 0 Å².